The third-order valence-corrected chi connectivity index (χ3v) is 4.53. The molecule has 2 aromatic rings. The Hall–Kier alpha value is -2.83. The summed E-state index contributed by atoms with van der Waals surface area (Å²) < 4.78 is 0. The molecule has 1 atom stereocenters. The Labute approximate surface area is 152 Å². The Bertz CT molecular complexity index is 766. The molecule has 7 heteroatoms. The van der Waals surface area contributed by atoms with E-state index >= 15 is 0 Å². The molecule has 0 radical (unpaired) electrons. The van der Waals surface area contributed by atoms with Crippen molar-refractivity contribution in [1.82, 2.24) is 25.2 Å². The SMILES string of the molecule is CC(=O)N1CCCC1c1cncc(CNC(=O)CCc2cccnc2)n1. The van der Waals surface area contributed by atoms with Crippen molar-refractivity contribution >= 4 is 11.8 Å². The van der Waals surface area contributed by atoms with Crippen molar-refractivity contribution in [3.8, 4) is 0 Å². The largest absolute Gasteiger partial charge is 0.350 e. The second kappa shape index (κ2) is 8.51. The minimum absolute atomic E-state index is 0.0127. The molecule has 3 heterocycles. The van der Waals surface area contributed by atoms with Gasteiger partial charge in [0.2, 0.25) is 11.8 Å². The van der Waals surface area contributed by atoms with Crippen LogP contribution in [0.4, 0.5) is 0 Å². The van der Waals surface area contributed by atoms with Gasteiger partial charge in [-0.1, -0.05) is 6.07 Å². The molecule has 1 aliphatic heterocycles. The van der Waals surface area contributed by atoms with Gasteiger partial charge in [-0.3, -0.25) is 24.5 Å². The predicted molar refractivity (Wildman–Crippen MR) is 95.8 cm³/mol. The van der Waals surface area contributed by atoms with Crippen LogP contribution in [0.25, 0.3) is 0 Å². The van der Waals surface area contributed by atoms with Crippen LogP contribution in [0.1, 0.15) is 49.2 Å². The number of pyridine rings is 1. The summed E-state index contributed by atoms with van der Waals surface area (Å²) in [6, 6.07) is 3.81. The van der Waals surface area contributed by atoms with Gasteiger partial charge in [0, 0.05) is 32.3 Å². The van der Waals surface area contributed by atoms with E-state index in [9.17, 15) is 9.59 Å². The second-order valence-electron chi connectivity index (χ2n) is 6.44. The average molecular weight is 353 g/mol. The lowest BCUT2D eigenvalue weighted by Crippen LogP contribution is -2.29. The first-order valence-electron chi connectivity index (χ1n) is 8.87. The molecule has 1 saturated heterocycles. The Morgan fingerprint density at radius 2 is 2.15 bits per heavy atom. The lowest BCUT2D eigenvalue weighted by molar-refractivity contribution is -0.129. The monoisotopic (exact) mass is 353 g/mol. The predicted octanol–water partition coefficient (Wildman–Crippen LogP) is 1.80. The third-order valence-electron chi connectivity index (χ3n) is 4.53. The highest BCUT2D eigenvalue weighted by Crippen LogP contribution is 2.30. The summed E-state index contributed by atoms with van der Waals surface area (Å²) >= 11 is 0. The average Bonchev–Trinajstić information content (AvgIpc) is 3.16. The maximum absolute atomic E-state index is 12.0. The van der Waals surface area contributed by atoms with E-state index in [1.54, 1.807) is 31.7 Å². The molecule has 0 aromatic carbocycles. The molecule has 7 nitrogen and oxygen atoms in total. The molecule has 136 valence electrons. The summed E-state index contributed by atoms with van der Waals surface area (Å²) in [7, 11) is 0. The van der Waals surface area contributed by atoms with E-state index < -0.39 is 0 Å². The number of nitrogens with one attached hydrogen (secondary N) is 1. The number of carbonyl (C=O) groups excluding carboxylic acids is 2. The molecule has 1 fully saturated rings. The second-order valence-corrected chi connectivity index (χ2v) is 6.44. The number of hydrogen-bond donors (Lipinski definition) is 1. The fraction of sp³-hybridized carbons (Fsp3) is 0.421. The Kier molecular flexibility index (Phi) is 5.88. The van der Waals surface area contributed by atoms with Gasteiger partial charge in [0.25, 0.3) is 0 Å². The molecule has 0 saturated carbocycles. The van der Waals surface area contributed by atoms with Gasteiger partial charge in [-0.25, -0.2) is 0 Å². The molecule has 1 aliphatic rings. The van der Waals surface area contributed by atoms with E-state index in [2.05, 4.69) is 20.3 Å². The lowest BCUT2D eigenvalue weighted by atomic mass is 10.1. The van der Waals surface area contributed by atoms with Crippen LogP contribution in [0.15, 0.2) is 36.9 Å². The van der Waals surface area contributed by atoms with Crippen molar-refractivity contribution in [2.75, 3.05) is 6.54 Å². The number of amides is 2. The zero-order valence-electron chi connectivity index (χ0n) is 14.9. The van der Waals surface area contributed by atoms with E-state index in [1.165, 1.54) is 0 Å². The van der Waals surface area contributed by atoms with Gasteiger partial charge >= 0.3 is 0 Å². The summed E-state index contributed by atoms with van der Waals surface area (Å²) in [5.41, 5.74) is 2.53. The maximum atomic E-state index is 12.0. The molecule has 1 unspecified atom stereocenters. The van der Waals surface area contributed by atoms with Crippen molar-refractivity contribution in [2.24, 2.45) is 0 Å². The van der Waals surface area contributed by atoms with Crippen LogP contribution in [-0.2, 0) is 22.6 Å². The van der Waals surface area contributed by atoms with Gasteiger partial charge in [0.15, 0.2) is 0 Å². The third kappa shape index (κ3) is 4.62. The Morgan fingerprint density at radius 1 is 1.27 bits per heavy atom. The Balaban J connectivity index is 1.54. The number of carbonyl (C=O) groups is 2. The van der Waals surface area contributed by atoms with Crippen LogP contribution in [0.5, 0.6) is 0 Å². The number of aromatic nitrogens is 3. The number of rotatable bonds is 6. The number of nitrogens with zero attached hydrogens (tertiary/aromatic N) is 4. The van der Waals surface area contributed by atoms with Gasteiger partial charge in [-0.15, -0.1) is 0 Å². The molecule has 0 spiro atoms. The zero-order chi connectivity index (χ0) is 18.4. The van der Waals surface area contributed by atoms with Crippen molar-refractivity contribution in [3.05, 3.63) is 53.9 Å². The van der Waals surface area contributed by atoms with E-state index in [4.69, 9.17) is 0 Å². The standard InChI is InChI=1S/C19H23N5O2/c1-14(25)24-9-3-5-18(24)17-13-21-11-16(23-17)12-22-19(26)7-6-15-4-2-8-20-10-15/h2,4,8,10-11,13,18H,3,5-7,9,12H2,1H3,(H,22,26). The van der Waals surface area contributed by atoms with Crippen LogP contribution in [0.2, 0.25) is 0 Å². The normalized spacial score (nSPS) is 16.5. The van der Waals surface area contributed by atoms with Gasteiger partial charge in [-0.05, 0) is 30.9 Å². The summed E-state index contributed by atoms with van der Waals surface area (Å²) in [5.74, 6) is 0.0238. The highest BCUT2D eigenvalue weighted by atomic mass is 16.2. The zero-order valence-corrected chi connectivity index (χ0v) is 14.9. The molecular formula is C19H23N5O2. The fourth-order valence-corrected chi connectivity index (χ4v) is 3.20. The first-order chi connectivity index (χ1) is 12.6. The molecule has 0 bridgehead atoms. The van der Waals surface area contributed by atoms with E-state index in [0.29, 0.717) is 25.1 Å². The van der Waals surface area contributed by atoms with Gasteiger partial charge < -0.3 is 10.2 Å². The van der Waals surface area contributed by atoms with Gasteiger partial charge in [0.1, 0.15) is 0 Å². The number of likely N-dealkylation sites (tertiary alicyclic amines) is 1. The summed E-state index contributed by atoms with van der Waals surface area (Å²) in [6.07, 6.45) is 9.77. The number of hydrogen-bond acceptors (Lipinski definition) is 5. The lowest BCUT2D eigenvalue weighted by Gasteiger charge is -2.22. The van der Waals surface area contributed by atoms with Crippen LogP contribution < -0.4 is 5.32 Å². The quantitative estimate of drug-likeness (QED) is 0.855. The molecular weight excluding hydrogens is 330 g/mol. The van der Waals surface area contributed by atoms with Crippen molar-refractivity contribution in [2.45, 2.75) is 45.2 Å². The first kappa shape index (κ1) is 18.0. The maximum Gasteiger partial charge on any atom is 0.220 e. The highest BCUT2D eigenvalue weighted by molar-refractivity contribution is 5.76. The molecule has 2 aromatic heterocycles. The molecule has 26 heavy (non-hydrogen) atoms. The summed E-state index contributed by atoms with van der Waals surface area (Å²) in [6.45, 7) is 2.68. The smallest absolute Gasteiger partial charge is 0.220 e. The minimum atomic E-state index is -0.0349. The van der Waals surface area contributed by atoms with Crippen LogP contribution in [0, 0.1) is 0 Å². The van der Waals surface area contributed by atoms with Crippen molar-refractivity contribution in [3.63, 3.8) is 0 Å². The number of aryl methyl sites for hydroxylation is 1. The molecule has 0 aliphatic carbocycles. The van der Waals surface area contributed by atoms with Crippen LogP contribution in [0.3, 0.4) is 0 Å². The van der Waals surface area contributed by atoms with Crippen molar-refractivity contribution in [1.29, 1.82) is 0 Å². The van der Waals surface area contributed by atoms with Crippen molar-refractivity contribution < 1.29 is 9.59 Å². The van der Waals surface area contributed by atoms with Gasteiger partial charge in [0.05, 0.1) is 36.4 Å². The van der Waals surface area contributed by atoms with E-state index in [1.807, 2.05) is 17.0 Å². The first-order valence-corrected chi connectivity index (χ1v) is 8.87. The molecule has 1 N–H and O–H groups in total. The van der Waals surface area contributed by atoms with E-state index in [-0.39, 0.29) is 17.9 Å². The molecule has 3 rings (SSSR count). The van der Waals surface area contributed by atoms with Crippen LogP contribution in [-0.4, -0.2) is 38.2 Å². The summed E-state index contributed by atoms with van der Waals surface area (Å²) in [5, 5.41) is 2.88. The Morgan fingerprint density at radius 3 is 2.92 bits per heavy atom. The molecule has 2 amide bonds. The van der Waals surface area contributed by atoms with Gasteiger partial charge in [-0.2, -0.15) is 0 Å². The minimum Gasteiger partial charge on any atom is -0.350 e. The topological polar surface area (TPSA) is 88.1 Å². The van der Waals surface area contributed by atoms with Crippen LogP contribution >= 0.6 is 0 Å². The summed E-state index contributed by atoms with van der Waals surface area (Å²) in [4.78, 5) is 38.5. The van der Waals surface area contributed by atoms with E-state index in [0.717, 1.165) is 30.6 Å². The highest BCUT2D eigenvalue weighted by Gasteiger charge is 2.29. The fourth-order valence-electron chi connectivity index (χ4n) is 3.20.